The third kappa shape index (κ3) is 1.80. The molecule has 12 heavy (non-hydrogen) atoms. The summed E-state index contributed by atoms with van der Waals surface area (Å²) in [6.45, 7) is 7.23. The highest BCUT2D eigenvalue weighted by molar-refractivity contribution is 5.45. The van der Waals surface area contributed by atoms with E-state index in [1.807, 2.05) is 12.1 Å². The molecule has 0 aromatic carbocycles. The molecule has 0 aliphatic heterocycles. The maximum atomic E-state index is 5.68. The van der Waals surface area contributed by atoms with Crippen LogP contribution in [-0.4, -0.2) is 4.98 Å². The van der Waals surface area contributed by atoms with E-state index in [2.05, 4.69) is 18.1 Å². The number of rotatable bonds is 3. The summed E-state index contributed by atoms with van der Waals surface area (Å²) in [5, 5.41) is 0. The Morgan fingerprint density at radius 2 is 2.17 bits per heavy atom. The number of hydrogen-bond donors (Lipinski definition) is 1. The van der Waals surface area contributed by atoms with E-state index in [1.165, 1.54) is 0 Å². The average molecular weight is 160 g/mol. The van der Waals surface area contributed by atoms with Gasteiger partial charge in [-0.15, -0.1) is 6.58 Å². The minimum atomic E-state index is -0.177. The van der Waals surface area contributed by atoms with E-state index in [9.17, 15) is 0 Å². The number of aromatic nitrogens is 1. The molecule has 0 radical (unpaired) electrons. The molecule has 0 bridgehead atoms. The van der Waals surface area contributed by atoms with Crippen LogP contribution in [0, 0.1) is 0 Å². The predicted molar refractivity (Wildman–Crippen MR) is 51.5 cm³/mol. The molecule has 0 aliphatic rings. The average Bonchev–Trinajstić information content (AvgIpc) is 2.17. The highest BCUT2D eigenvalue weighted by Gasteiger charge is 2.00. The standard InChI is InChI=1S/C10H12N2/c1-3-8-5-6-10(12-7-8)9(11)4-2/h3-7,9H,1-2,11H2/t9-/m1/s1. The van der Waals surface area contributed by atoms with Crippen molar-refractivity contribution in [1.29, 1.82) is 0 Å². The van der Waals surface area contributed by atoms with E-state index < -0.39 is 0 Å². The number of hydrogen-bond acceptors (Lipinski definition) is 2. The molecule has 0 amide bonds. The first-order chi connectivity index (χ1) is 5.77. The lowest BCUT2D eigenvalue weighted by Gasteiger charge is -2.04. The largest absolute Gasteiger partial charge is 0.319 e. The van der Waals surface area contributed by atoms with Crippen LogP contribution in [0.1, 0.15) is 17.3 Å². The fourth-order valence-electron chi connectivity index (χ4n) is 0.855. The van der Waals surface area contributed by atoms with E-state index in [0.29, 0.717) is 0 Å². The van der Waals surface area contributed by atoms with E-state index in [4.69, 9.17) is 5.73 Å². The molecule has 0 spiro atoms. The molecule has 0 aliphatic carbocycles. The molecule has 1 atom stereocenters. The van der Waals surface area contributed by atoms with E-state index in [-0.39, 0.29) is 6.04 Å². The summed E-state index contributed by atoms with van der Waals surface area (Å²) in [4.78, 5) is 4.15. The Hall–Kier alpha value is -1.41. The maximum absolute atomic E-state index is 5.68. The van der Waals surface area contributed by atoms with Gasteiger partial charge >= 0.3 is 0 Å². The number of pyridine rings is 1. The van der Waals surface area contributed by atoms with Gasteiger partial charge in [0.1, 0.15) is 0 Å². The van der Waals surface area contributed by atoms with E-state index in [1.54, 1.807) is 18.3 Å². The van der Waals surface area contributed by atoms with Gasteiger partial charge in [0.2, 0.25) is 0 Å². The molecule has 1 aromatic rings. The van der Waals surface area contributed by atoms with Crippen molar-refractivity contribution >= 4 is 6.08 Å². The first kappa shape index (κ1) is 8.68. The fraction of sp³-hybridized carbons (Fsp3) is 0.100. The molecule has 0 fully saturated rings. The highest BCUT2D eigenvalue weighted by Crippen LogP contribution is 2.08. The molecule has 2 N–H and O–H groups in total. The van der Waals surface area contributed by atoms with Gasteiger partial charge in [-0.1, -0.05) is 24.8 Å². The van der Waals surface area contributed by atoms with Gasteiger partial charge in [0.25, 0.3) is 0 Å². The second kappa shape index (κ2) is 3.83. The Morgan fingerprint density at radius 1 is 1.42 bits per heavy atom. The smallest absolute Gasteiger partial charge is 0.0653 e. The zero-order valence-electron chi connectivity index (χ0n) is 6.90. The van der Waals surface area contributed by atoms with Crippen molar-refractivity contribution in [3.8, 4) is 0 Å². The van der Waals surface area contributed by atoms with Crippen LogP contribution in [0.4, 0.5) is 0 Å². The summed E-state index contributed by atoms with van der Waals surface area (Å²) in [5.74, 6) is 0. The number of nitrogens with two attached hydrogens (primary N) is 1. The molecular formula is C10H12N2. The van der Waals surface area contributed by atoms with Crippen LogP contribution < -0.4 is 5.73 Å². The van der Waals surface area contributed by atoms with Crippen LogP contribution in [0.2, 0.25) is 0 Å². The Kier molecular flexibility index (Phi) is 2.77. The first-order valence-corrected chi connectivity index (χ1v) is 3.74. The zero-order chi connectivity index (χ0) is 8.97. The van der Waals surface area contributed by atoms with Crippen LogP contribution in [-0.2, 0) is 0 Å². The van der Waals surface area contributed by atoms with Crippen LogP contribution in [0.25, 0.3) is 6.08 Å². The third-order valence-electron chi connectivity index (χ3n) is 1.64. The van der Waals surface area contributed by atoms with Gasteiger partial charge in [-0.3, -0.25) is 4.98 Å². The lowest BCUT2D eigenvalue weighted by Crippen LogP contribution is -2.08. The minimum Gasteiger partial charge on any atom is -0.319 e. The molecule has 1 rings (SSSR count). The SMILES string of the molecule is C=Cc1ccc([C@H](N)C=C)nc1. The number of nitrogens with zero attached hydrogens (tertiary/aromatic N) is 1. The molecule has 0 saturated heterocycles. The Bertz CT molecular complexity index is 274. The quantitative estimate of drug-likeness (QED) is 0.686. The summed E-state index contributed by atoms with van der Waals surface area (Å²) in [7, 11) is 0. The first-order valence-electron chi connectivity index (χ1n) is 3.74. The second-order valence-corrected chi connectivity index (χ2v) is 2.48. The Balaban J connectivity index is 2.91. The van der Waals surface area contributed by atoms with Crippen molar-refractivity contribution in [3.05, 3.63) is 48.8 Å². The van der Waals surface area contributed by atoms with Crippen LogP contribution in [0.15, 0.2) is 37.6 Å². The van der Waals surface area contributed by atoms with Crippen molar-refractivity contribution in [2.75, 3.05) is 0 Å². The van der Waals surface area contributed by atoms with E-state index in [0.717, 1.165) is 11.3 Å². The van der Waals surface area contributed by atoms with Crippen LogP contribution in [0.5, 0.6) is 0 Å². The van der Waals surface area contributed by atoms with Gasteiger partial charge < -0.3 is 5.73 Å². The van der Waals surface area contributed by atoms with Gasteiger partial charge in [-0.2, -0.15) is 0 Å². The van der Waals surface area contributed by atoms with Gasteiger partial charge in [0.15, 0.2) is 0 Å². The van der Waals surface area contributed by atoms with E-state index >= 15 is 0 Å². The summed E-state index contributed by atoms with van der Waals surface area (Å²) >= 11 is 0. The molecule has 62 valence electrons. The summed E-state index contributed by atoms with van der Waals surface area (Å²) < 4.78 is 0. The van der Waals surface area contributed by atoms with Crippen molar-refractivity contribution < 1.29 is 0 Å². The van der Waals surface area contributed by atoms with Gasteiger partial charge in [-0.25, -0.2) is 0 Å². The molecule has 2 nitrogen and oxygen atoms in total. The molecular weight excluding hydrogens is 148 g/mol. The Labute approximate surface area is 72.4 Å². The molecule has 1 heterocycles. The minimum absolute atomic E-state index is 0.177. The predicted octanol–water partition coefficient (Wildman–Crippen LogP) is 1.91. The molecule has 2 heteroatoms. The molecule has 0 saturated carbocycles. The summed E-state index contributed by atoms with van der Waals surface area (Å²) in [6, 6.07) is 3.63. The monoisotopic (exact) mass is 160 g/mol. The van der Waals surface area contributed by atoms with Gasteiger partial charge in [0.05, 0.1) is 11.7 Å². The molecule has 0 unspecified atom stereocenters. The third-order valence-corrected chi connectivity index (χ3v) is 1.64. The lowest BCUT2D eigenvalue weighted by molar-refractivity contribution is 0.863. The molecule has 1 aromatic heterocycles. The summed E-state index contributed by atoms with van der Waals surface area (Å²) in [5.41, 5.74) is 7.50. The van der Waals surface area contributed by atoms with Crippen LogP contribution in [0.3, 0.4) is 0 Å². The van der Waals surface area contributed by atoms with Crippen LogP contribution >= 0.6 is 0 Å². The van der Waals surface area contributed by atoms with Crippen molar-refractivity contribution in [2.24, 2.45) is 5.73 Å². The normalized spacial score (nSPS) is 12.1. The Morgan fingerprint density at radius 3 is 2.58 bits per heavy atom. The van der Waals surface area contributed by atoms with Crippen molar-refractivity contribution in [1.82, 2.24) is 4.98 Å². The van der Waals surface area contributed by atoms with Crippen molar-refractivity contribution in [3.63, 3.8) is 0 Å². The summed E-state index contributed by atoms with van der Waals surface area (Å²) in [6.07, 6.45) is 5.15. The second-order valence-electron chi connectivity index (χ2n) is 2.48. The van der Waals surface area contributed by atoms with Crippen molar-refractivity contribution in [2.45, 2.75) is 6.04 Å². The fourth-order valence-corrected chi connectivity index (χ4v) is 0.855. The highest BCUT2D eigenvalue weighted by atomic mass is 14.8. The maximum Gasteiger partial charge on any atom is 0.0653 e. The van der Waals surface area contributed by atoms with Gasteiger partial charge in [0, 0.05) is 6.20 Å². The lowest BCUT2D eigenvalue weighted by atomic mass is 10.2. The topological polar surface area (TPSA) is 38.9 Å². The zero-order valence-corrected chi connectivity index (χ0v) is 6.90. The van der Waals surface area contributed by atoms with Gasteiger partial charge in [-0.05, 0) is 11.6 Å².